The highest BCUT2D eigenvalue weighted by Crippen LogP contribution is 2.25. The van der Waals surface area contributed by atoms with Gasteiger partial charge in [0.15, 0.2) is 5.78 Å². The Labute approximate surface area is 231 Å². The molecular weight excluding hydrogens is 516 g/mol. The van der Waals surface area contributed by atoms with Crippen LogP contribution in [0.2, 0.25) is 0 Å². The lowest BCUT2D eigenvalue weighted by Gasteiger charge is -2.16. The van der Waals surface area contributed by atoms with Crippen molar-refractivity contribution in [3.05, 3.63) is 66.4 Å². The van der Waals surface area contributed by atoms with Gasteiger partial charge < -0.3 is 26.4 Å². The number of carbonyl (C=O) groups is 5. The average Bonchev–Trinajstić information content (AvgIpc) is 3.42. The number of aliphatic carboxylic acids is 1. The Morgan fingerprint density at radius 1 is 0.850 bits per heavy atom. The lowest BCUT2D eigenvalue weighted by atomic mass is 10.0. The van der Waals surface area contributed by atoms with Crippen LogP contribution in [0.15, 0.2) is 65.2 Å². The molecule has 0 aliphatic rings. The van der Waals surface area contributed by atoms with Gasteiger partial charge in [0, 0.05) is 50.2 Å². The van der Waals surface area contributed by atoms with E-state index in [-0.39, 0.29) is 50.7 Å². The molecule has 0 unspecified atom stereocenters. The van der Waals surface area contributed by atoms with Gasteiger partial charge in [-0.1, -0.05) is 66.7 Å². The van der Waals surface area contributed by atoms with Gasteiger partial charge in [-0.3, -0.25) is 24.0 Å². The van der Waals surface area contributed by atoms with E-state index in [0.717, 1.165) is 16.7 Å². The molecule has 3 aromatic rings. The molecule has 40 heavy (non-hydrogen) atoms. The Bertz CT molecular complexity index is 1290. The molecule has 1 aromatic heterocycles. The molecule has 11 heteroatoms. The summed E-state index contributed by atoms with van der Waals surface area (Å²) >= 11 is 0. The van der Waals surface area contributed by atoms with Crippen LogP contribution in [0.1, 0.15) is 51.2 Å². The number of carboxylic acids is 1. The summed E-state index contributed by atoms with van der Waals surface area (Å²) in [7, 11) is 0. The van der Waals surface area contributed by atoms with E-state index in [1.165, 1.54) is 0 Å². The van der Waals surface area contributed by atoms with Gasteiger partial charge in [-0.25, -0.2) is 0 Å². The maximum Gasteiger partial charge on any atom is 0.303 e. The van der Waals surface area contributed by atoms with Crippen molar-refractivity contribution in [1.82, 2.24) is 10.5 Å². The number of benzene rings is 2. The summed E-state index contributed by atoms with van der Waals surface area (Å²) in [4.78, 5) is 56.2. The molecule has 0 aliphatic heterocycles. The van der Waals surface area contributed by atoms with Crippen LogP contribution in [-0.2, 0) is 30.4 Å². The van der Waals surface area contributed by atoms with Crippen molar-refractivity contribution in [2.24, 2.45) is 11.5 Å². The van der Waals surface area contributed by atoms with Crippen LogP contribution in [0, 0.1) is 0 Å². The third-order valence-electron chi connectivity index (χ3n) is 5.77. The number of nitrogens with two attached hydrogens (primary N) is 2. The van der Waals surface area contributed by atoms with E-state index in [1.807, 2.05) is 54.6 Å². The van der Waals surface area contributed by atoms with E-state index in [2.05, 4.69) is 10.5 Å². The highest BCUT2D eigenvalue weighted by Gasteiger charge is 2.22. The van der Waals surface area contributed by atoms with E-state index in [9.17, 15) is 24.0 Å². The number of carboxylic acid groups (broad SMARTS) is 1. The standard InChI is InChI=1S/C26H28N4O5.C3H6O2/c27-24(32)13-11-21(23(31)12-14-25(28)33)29-26(34)15-10-20-16-22(30-35-20)19-8-6-18(7-9-19)17-4-2-1-3-5-17;1-2-3(4)5/h1-9,16,21H,10-15H2,(H2,27,32)(H2,28,33)(H,29,34);2H2,1H3,(H,4,5)/t21-;/m0./s1. The molecule has 0 radical (unpaired) electrons. The van der Waals surface area contributed by atoms with Crippen LogP contribution in [0.5, 0.6) is 0 Å². The van der Waals surface area contributed by atoms with Gasteiger partial charge in [-0.05, 0) is 17.5 Å². The van der Waals surface area contributed by atoms with Crippen LogP contribution in [-0.4, -0.2) is 45.8 Å². The number of aromatic nitrogens is 1. The van der Waals surface area contributed by atoms with Gasteiger partial charge >= 0.3 is 5.97 Å². The minimum atomic E-state index is -0.914. The fourth-order valence-electron chi connectivity index (χ4n) is 3.55. The monoisotopic (exact) mass is 550 g/mol. The predicted octanol–water partition coefficient (Wildman–Crippen LogP) is 3.01. The third-order valence-corrected chi connectivity index (χ3v) is 5.77. The number of primary amides is 2. The van der Waals surface area contributed by atoms with E-state index < -0.39 is 29.7 Å². The Morgan fingerprint density at radius 2 is 1.43 bits per heavy atom. The zero-order valence-electron chi connectivity index (χ0n) is 22.3. The Balaban J connectivity index is 0.00000103. The number of Topliss-reactive ketones (excluding diaryl/α,β-unsaturated/α-hetero) is 1. The number of carbonyl (C=O) groups excluding carboxylic acids is 4. The first kappa shape index (κ1) is 31.4. The van der Waals surface area contributed by atoms with Crippen molar-refractivity contribution >= 4 is 29.5 Å². The van der Waals surface area contributed by atoms with Gasteiger partial charge in [0.2, 0.25) is 17.7 Å². The maximum atomic E-state index is 12.4. The number of nitrogens with zero attached hydrogens (tertiary/aromatic N) is 1. The van der Waals surface area contributed by atoms with E-state index in [1.54, 1.807) is 13.0 Å². The maximum absolute atomic E-state index is 12.4. The van der Waals surface area contributed by atoms with Crippen molar-refractivity contribution in [3.63, 3.8) is 0 Å². The molecule has 1 heterocycles. The van der Waals surface area contributed by atoms with Crippen molar-refractivity contribution in [1.29, 1.82) is 0 Å². The Hall–Kier alpha value is -4.80. The largest absolute Gasteiger partial charge is 0.481 e. The summed E-state index contributed by atoms with van der Waals surface area (Å²) < 4.78 is 5.37. The number of rotatable bonds is 14. The average molecular weight is 551 g/mol. The lowest BCUT2D eigenvalue weighted by Crippen LogP contribution is -2.41. The van der Waals surface area contributed by atoms with Crippen LogP contribution in [0.25, 0.3) is 22.4 Å². The molecular formula is C29H34N4O7. The normalized spacial score (nSPS) is 11.0. The zero-order valence-corrected chi connectivity index (χ0v) is 22.3. The molecule has 1 atom stereocenters. The highest BCUT2D eigenvalue weighted by atomic mass is 16.5. The summed E-state index contributed by atoms with van der Waals surface area (Å²) in [6, 6.07) is 18.8. The lowest BCUT2D eigenvalue weighted by molar-refractivity contribution is -0.136. The number of nitrogens with one attached hydrogen (secondary N) is 1. The molecule has 3 rings (SSSR count). The molecule has 6 N–H and O–H groups in total. The van der Waals surface area contributed by atoms with Crippen molar-refractivity contribution in [2.75, 3.05) is 0 Å². The molecule has 212 valence electrons. The van der Waals surface area contributed by atoms with Crippen molar-refractivity contribution in [3.8, 4) is 22.4 Å². The fourth-order valence-corrected chi connectivity index (χ4v) is 3.55. The molecule has 0 saturated heterocycles. The molecule has 0 fully saturated rings. The number of ketones is 1. The first-order valence-corrected chi connectivity index (χ1v) is 12.8. The van der Waals surface area contributed by atoms with E-state index >= 15 is 0 Å². The van der Waals surface area contributed by atoms with Crippen molar-refractivity contribution < 1.29 is 33.6 Å². The second kappa shape index (κ2) is 16.2. The fraction of sp³-hybridized carbons (Fsp3) is 0.310. The molecule has 0 spiro atoms. The zero-order chi connectivity index (χ0) is 29.5. The smallest absolute Gasteiger partial charge is 0.303 e. The molecule has 2 aromatic carbocycles. The van der Waals surface area contributed by atoms with Gasteiger partial charge in [0.25, 0.3) is 0 Å². The minimum Gasteiger partial charge on any atom is -0.481 e. The summed E-state index contributed by atoms with van der Waals surface area (Å²) in [5.74, 6) is -2.19. The van der Waals surface area contributed by atoms with Gasteiger partial charge in [-0.2, -0.15) is 0 Å². The number of amides is 3. The summed E-state index contributed by atoms with van der Waals surface area (Å²) in [5.41, 5.74) is 14.0. The second-order valence-corrected chi connectivity index (χ2v) is 8.93. The Morgan fingerprint density at radius 3 is 2.00 bits per heavy atom. The molecule has 0 bridgehead atoms. The molecule has 11 nitrogen and oxygen atoms in total. The molecule has 3 amide bonds. The van der Waals surface area contributed by atoms with Crippen LogP contribution >= 0.6 is 0 Å². The summed E-state index contributed by atoms with van der Waals surface area (Å²) in [5, 5.41) is 14.4. The first-order chi connectivity index (χ1) is 19.1. The summed E-state index contributed by atoms with van der Waals surface area (Å²) in [6.45, 7) is 1.60. The Kier molecular flexibility index (Phi) is 12.7. The van der Waals surface area contributed by atoms with Crippen LogP contribution in [0.4, 0.5) is 0 Å². The van der Waals surface area contributed by atoms with Crippen LogP contribution in [0.3, 0.4) is 0 Å². The molecule has 0 saturated carbocycles. The van der Waals surface area contributed by atoms with E-state index in [4.69, 9.17) is 21.1 Å². The third kappa shape index (κ3) is 11.3. The topological polar surface area (TPSA) is 196 Å². The quantitative estimate of drug-likeness (QED) is 0.235. The summed E-state index contributed by atoms with van der Waals surface area (Å²) in [6.07, 6.45) is 0.297. The van der Waals surface area contributed by atoms with Crippen molar-refractivity contribution in [2.45, 2.75) is 57.9 Å². The molecule has 0 aliphatic carbocycles. The minimum absolute atomic E-state index is 0.0533. The number of aryl methyl sites for hydroxylation is 1. The second-order valence-electron chi connectivity index (χ2n) is 8.93. The van der Waals surface area contributed by atoms with Gasteiger partial charge in [0.05, 0.1) is 6.04 Å². The van der Waals surface area contributed by atoms with Gasteiger partial charge in [0.1, 0.15) is 11.5 Å². The number of hydrogen-bond donors (Lipinski definition) is 4. The number of hydrogen-bond acceptors (Lipinski definition) is 7. The first-order valence-electron chi connectivity index (χ1n) is 12.8. The van der Waals surface area contributed by atoms with E-state index in [0.29, 0.717) is 11.5 Å². The van der Waals surface area contributed by atoms with Gasteiger partial charge in [-0.15, -0.1) is 0 Å². The highest BCUT2D eigenvalue weighted by molar-refractivity contribution is 5.91. The SMILES string of the molecule is CCC(=O)O.NC(=O)CCC(=O)[C@H](CCC(N)=O)NC(=O)CCc1cc(-c2ccc(-c3ccccc3)cc2)no1. The van der Waals surface area contributed by atoms with Crippen LogP contribution < -0.4 is 16.8 Å². The predicted molar refractivity (Wildman–Crippen MR) is 147 cm³/mol.